The number of para-hydroxylation sites is 1. The van der Waals surface area contributed by atoms with Crippen LogP contribution in [0.3, 0.4) is 0 Å². The zero-order valence-electron chi connectivity index (χ0n) is 13.8. The summed E-state index contributed by atoms with van der Waals surface area (Å²) in [7, 11) is 0. The van der Waals surface area contributed by atoms with Crippen LogP contribution in [0.5, 0.6) is 0 Å². The van der Waals surface area contributed by atoms with Crippen molar-refractivity contribution in [2.24, 2.45) is 0 Å². The average Bonchev–Trinajstić information content (AvgIpc) is 2.92. The Morgan fingerprint density at radius 3 is 2.04 bits per heavy atom. The molecule has 114 valence electrons. The van der Waals surface area contributed by atoms with E-state index in [1.165, 1.54) is 27.5 Å². The Balaban J connectivity index is 1.84. The number of hydrogen-bond acceptors (Lipinski definition) is 1. The van der Waals surface area contributed by atoms with Crippen LogP contribution in [-0.2, 0) is 5.41 Å². The fraction of sp³-hybridized carbons (Fsp3) is 0.182. The van der Waals surface area contributed by atoms with Crippen molar-refractivity contribution >= 4 is 21.9 Å². The first-order chi connectivity index (χ1) is 11.0. The van der Waals surface area contributed by atoms with E-state index < -0.39 is 0 Å². The molecule has 0 saturated heterocycles. The largest absolute Gasteiger partial charge is 0.456 e. The van der Waals surface area contributed by atoms with E-state index in [2.05, 4.69) is 75.4 Å². The Morgan fingerprint density at radius 2 is 1.30 bits per heavy atom. The molecule has 1 heteroatoms. The fourth-order valence-corrected chi connectivity index (χ4v) is 3.07. The lowest BCUT2D eigenvalue weighted by Gasteiger charge is -2.19. The Bertz CT molecular complexity index is 982. The summed E-state index contributed by atoms with van der Waals surface area (Å²) < 4.78 is 5.91. The van der Waals surface area contributed by atoms with Crippen molar-refractivity contribution in [1.82, 2.24) is 0 Å². The first-order valence-corrected chi connectivity index (χ1v) is 8.04. The van der Waals surface area contributed by atoms with Crippen LogP contribution in [0.25, 0.3) is 33.1 Å². The lowest BCUT2D eigenvalue weighted by molar-refractivity contribution is 0.590. The molecule has 0 aliphatic heterocycles. The zero-order valence-corrected chi connectivity index (χ0v) is 13.8. The number of benzene rings is 3. The quantitative estimate of drug-likeness (QED) is 0.388. The third kappa shape index (κ3) is 2.43. The van der Waals surface area contributed by atoms with Gasteiger partial charge in [0.05, 0.1) is 0 Å². The van der Waals surface area contributed by atoms with Crippen LogP contribution in [0.2, 0.25) is 0 Å². The summed E-state index contributed by atoms with van der Waals surface area (Å²) in [4.78, 5) is 0. The highest BCUT2D eigenvalue weighted by Crippen LogP contribution is 2.33. The summed E-state index contributed by atoms with van der Waals surface area (Å²) in [5, 5.41) is 2.36. The van der Waals surface area contributed by atoms with Crippen LogP contribution < -0.4 is 0 Å². The first kappa shape index (κ1) is 14.1. The maximum Gasteiger partial charge on any atom is 0.135 e. The molecule has 0 radical (unpaired) electrons. The minimum atomic E-state index is 0.184. The SMILES string of the molecule is CC(C)(C)c1ccc(-c2ccc3oc4ccccc4c3c2)cc1. The molecule has 0 bridgehead atoms. The lowest BCUT2D eigenvalue weighted by atomic mass is 9.86. The standard InChI is InChI=1S/C22H20O/c1-22(2,3)17-11-8-15(9-12-17)16-10-13-21-19(14-16)18-6-4-5-7-20(18)23-21/h4-14H,1-3H3. The van der Waals surface area contributed by atoms with Crippen molar-refractivity contribution in [3.05, 3.63) is 72.3 Å². The maximum absolute atomic E-state index is 5.91. The molecule has 0 saturated carbocycles. The van der Waals surface area contributed by atoms with Crippen molar-refractivity contribution in [2.45, 2.75) is 26.2 Å². The topological polar surface area (TPSA) is 13.1 Å². The van der Waals surface area contributed by atoms with Gasteiger partial charge in [-0.2, -0.15) is 0 Å². The summed E-state index contributed by atoms with van der Waals surface area (Å²) in [5.74, 6) is 0. The lowest BCUT2D eigenvalue weighted by Crippen LogP contribution is -2.10. The number of furan rings is 1. The van der Waals surface area contributed by atoms with E-state index >= 15 is 0 Å². The van der Waals surface area contributed by atoms with Crippen LogP contribution in [0.1, 0.15) is 26.3 Å². The van der Waals surface area contributed by atoms with Gasteiger partial charge in [0.2, 0.25) is 0 Å². The predicted molar refractivity (Wildman–Crippen MR) is 97.9 cm³/mol. The third-order valence-corrected chi connectivity index (χ3v) is 4.46. The molecule has 3 aromatic carbocycles. The average molecular weight is 300 g/mol. The fourth-order valence-electron chi connectivity index (χ4n) is 3.07. The molecule has 4 rings (SSSR count). The van der Waals surface area contributed by atoms with Gasteiger partial charge in [0.15, 0.2) is 0 Å². The summed E-state index contributed by atoms with van der Waals surface area (Å²) in [6.07, 6.45) is 0. The molecule has 0 fully saturated rings. The van der Waals surface area contributed by atoms with Gasteiger partial charge in [-0.05, 0) is 40.3 Å². The van der Waals surface area contributed by atoms with Crippen molar-refractivity contribution in [2.75, 3.05) is 0 Å². The van der Waals surface area contributed by atoms with E-state index in [0.717, 1.165) is 11.2 Å². The maximum atomic E-state index is 5.91. The first-order valence-electron chi connectivity index (χ1n) is 8.04. The Kier molecular flexibility index (Phi) is 3.05. The Hall–Kier alpha value is -2.54. The molecule has 0 aliphatic carbocycles. The zero-order chi connectivity index (χ0) is 16.0. The van der Waals surface area contributed by atoms with Crippen LogP contribution in [-0.4, -0.2) is 0 Å². The normalized spacial score (nSPS) is 12.1. The van der Waals surface area contributed by atoms with Crippen LogP contribution in [0.4, 0.5) is 0 Å². The molecule has 1 nitrogen and oxygen atoms in total. The second-order valence-corrected chi connectivity index (χ2v) is 7.14. The summed E-state index contributed by atoms with van der Waals surface area (Å²) in [6, 6.07) is 23.5. The minimum Gasteiger partial charge on any atom is -0.456 e. The molecule has 1 heterocycles. The molecule has 23 heavy (non-hydrogen) atoms. The van der Waals surface area contributed by atoms with Crippen LogP contribution >= 0.6 is 0 Å². The molecule has 0 aliphatic rings. The van der Waals surface area contributed by atoms with E-state index in [0.29, 0.717) is 0 Å². The second-order valence-electron chi connectivity index (χ2n) is 7.14. The van der Waals surface area contributed by atoms with Gasteiger partial charge < -0.3 is 4.42 Å². The summed E-state index contributed by atoms with van der Waals surface area (Å²) in [5.41, 5.74) is 5.90. The van der Waals surface area contributed by atoms with Crippen LogP contribution in [0.15, 0.2) is 71.1 Å². The molecular weight excluding hydrogens is 280 g/mol. The predicted octanol–water partition coefficient (Wildman–Crippen LogP) is 6.55. The molecule has 0 N–H and O–H groups in total. The second kappa shape index (κ2) is 4.99. The highest BCUT2D eigenvalue weighted by atomic mass is 16.3. The molecule has 0 unspecified atom stereocenters. The van der Waals surface area contributed by atoms with Crippen LogP contribution in [0, 0.1) is 0 Å². The van der Waals surface area contributed by atoms with E-state index in [1.807, 2.05) is 12.1 Å². The smallest absolute Gasteiger partial charge is 0.135 e. The minimum absolute atomic E-state index is 0.184. The highest BCUT2D eigenvalue weighted by molar-refractivity contribution is 6.06. The Morgan fingerprint density at radius 1 is 0.652 bits per heavy atom. The summed E-state index contributed by atoms with van der Waals surface area (Å²) >= 11 is 0. The number of hydrogen-bond donors (Lipinski definition) is 0. The van der Waals surface area contributed by atoms with E-state index in [1.54, 1.807) is 0 Å². The molecule has 1 aromatic heterocycles. The molecule has 0 spiro atoms. The number of rotatable bonds is 1. The molecule has 0 amide bonds. The van der Waals surface area contributed by atoms with Gasteiger partial charge in [-0.1, -0.05) is 69.3 Å². The van der Waals surface area contributed by atoms with E-state index in [-0.39, 0.29) is 5.41 Å². The monoisotopic (exact) mass is 300 g/mol. The van der Waals surface area contributed by atoms with Gasteiger partial charge in [0.25, 0.3) is 0 Å². The molecule has 4 aromatic rings. The van der Waals surface area contributed by atoms with Crippen molar-refractivity contribution in [3.8, 4) is 11.1 Å². The van der Waals surface area contributed by atoms with Gasteiger partial charge in [-0.25, -0.2) is 0 Å². The third-order valence-electron chi connectivity index (χ3n) is 4.46. The Labute approximate surface area is 136 Å². The van der Waals surface area contributed by atoms with Crippen molar-refractivity contribution in [3.63, 3.8) is 0 Å². The van der Waals surface area contributed by atoms with Gasteiger partial charge >= 0.3 is 0 Å². The van der Waals surface area contributed by atoms with E-state index in [4.69, 9.17) is 4.42 Å². The number of fused-ring (bicyclic) bond motifs is 3. The molecule has 0 atom stereocenters. The van der Waals surface area contributed by atoms with Crippen molar-refractivity contribution < 1.29 is 4.42 Å². The van der Waals surface area contributed by atoms with Gasteiger partial charge in [-0.3, -0.25) is 0 Å². The van der Waals surface area contributed by atoms with Crippen molar-refractivity contribution in [1.29, 1.82) is 0 Å². The highest BCUT2D eigenvalue weighted by Gasteiger charge is 2.13. The van der Waals surface area contributed by atoms with Gasteiger partial charge in [0.1, 0.15) is 11.2 Å². The molecular formula is C22H20O. The van der Waals surface area contributed by atoms with Gasteiger partial charge in [0, 0.05) is 10.8 Å². The summed E-state index contributed by atoms with van der Waals surface area (Å²) in [6.45, 7) is 6.73. The van der Waals surface area contributed by atoms with E-state index in [9.17, 15) is 0 Å². The van der Waals surface area contributed by atoms with Gasteiger partial charge in [-0.15, -0.1) is 0 Å².